The standard InChI is InChI=1S/C14H21N3OS/c1-5-15-11-17-13(1)10-16-12-2-6-18-14(9-12)3-7-19-8-4-14/h1,5,11-12,16H,2-4,6-10H2. The van der Waals surface area contributed by atoms with E-state index in [-0.39, 0.29) is 5.60 Å². The van der Waals surface area contributed by atoms with Gasteiger partial charge in [-0.3, -0.25) is 0 Å². The predicted molar refractivity (Wildman–Crippen MR) is 77.1 cm³/mol. The summed E-state index contributed by atoms with van der Waals surface area (Å²) in [6.07, 6.45) is 8.10. The Morgan fingerprint density at radius 1 is 1.42 bits per heavy atom. The normalized spacial score (nSPS) is 26.4. The Labute approximate surface area is 118 Å². The Morgan fingerprint density at radius 2 is 2.32 bits per heavy atom. The Kier molecular flexibility index (Phi) is 4.35. The van der Waals surface area contributed by atoms with Crippen LogP contribution >= 0.6 is 11.8 Å². The second-order valence-electron chi connectivity index (χ2n) is 5.42. The van der Waals surface area contributed by atoms with Crippen molar-refractivity contribution in [1.82, 2.24) is 15.3 Å². The maximum absolute atomic E-state index is 6.11. The fraction of sp³-hybridized carbons (Fsp3) is 0.714. The molecule has 104 valence electrons. The zero-order valence-electron chi connectivity index (χ0n) is 11.2. The number of hydrogen-bond donors (Lipinski definition) is 1. The molecule has 1 N–H and O–H groups in total. The molecule has 2 saturated heterocycles. The van der Waals surface area contributed by atoms with E-state index in [1.54, 1.807) is 12.5 Å². The minimum absolute atomic E-state index is 0.160. The SMILES string of the molecule is c1cc(CNC2CCOC3(CCSCC3)C2)ncn1. The summed E-state index contributed by atoms with van der Waals surface area (Å²) in [4.78, 5) is 8.21. The van der Waals surface area contributed by atoms with E-state index in [2.05, 4.69) is 27.0 Å². The summed E-state index contributed by atoms with van der Waals surface area (Å²) in [7, 11) is 0. The number of ether oxygens (including phenoxy) is 1. The molecule has 0 aromatic carbocycles. The van der Waals surface area contributed by atoms with Crippen molar-refractivity contribution in [3.63, 3.8) is 0 Å². The first-order valence-corrected chi connectivity index (χ1v) is 8.22. The van der Waals surface area contributed by atoms with Crippen molar-refractivity contribution in [2.24, 2.45) is 0 Å². The molecule has 1 aromatic heterocycles. The zero-order valence-corrected chi connectivity index (χ0v) is 12.0. The Morgan fingerprint density at radius 3 is 3.11 bits per heavy atom. The highest BCUT2D eigenvalue weighted by atomic mass is 32.2. The third-order valence-corrected chi connectivity index (χ3v) is 5.10. The van der Waals surface area contributed by atoms with E-state index in [0.717, 1.165) is 31.7 Å². The number of nitrogens with zero attached hydrogens (tertiary/aromatic N) is 2. The summed E-state index contributed by atoms with van der Waals surface area (Å²) in [5.74, 6) is 2.50. The topological polar surface area (TPSA) is 47.0 Å². The number of nitrogens with one attached hydrogen (secondary N) is 1. The summed E-state index contributed by atoms with van der Waals surface area (Å²) in [5, 5.41) is 3.63. The highest BCUT2D eigenvalue weighted by Crippen LogP contribution is 2.37. The molecule has 0 bridgehead atoms. The monoisotopic (exact) mass is 279 g/mol. The van der Waals surface area contributed by atoms with Gasteiger partial charge in [0.15, 0.2) is 0 Å². The lowest BCUT2D eigenvalue weighted by Crippen LogP contribution is -2.48. The molecule has 19 heavy (non-hydrogen) atoms. The Bertz CT molecular complexity index is 389. The summed E-state index contributed by atoms with van der Waals surface area (Å²) in [5.41, 5.74) is 1.22. The lowest BCUT2D eigenvalue weighted by Gasteiger charge is -2.43. The molecule has 1 spiro atoms. The molecule has 4 nitrogen and oxygen atoms in total. The van der Waals surface area contributed by atoms with Crippen molar-refractivity contribution >= 4 is 11.8 Å². The van der Waals surface area contributed by atoms with E-state index < -0.39 is 0 Å². The maximum atomic E-state index is 6.11. The van der Waals surface area contributed by atoms with E-state index in [1.807, 2.05) is 6.07 Å². The van der Waals surface area contributed by atoms with Gasteiger partial charge in [-0.1, -0.05) is 0 Å². The average molecular weight is 279 g/mol. The fourth-order valence-corrected chi connectivity index (χ4v) is 4.20. The quantitative estimate of drug-likeness (QED) is 0.917. The lowest BCUT2D eigenvalue weighted by atomic mass is 9.85. The van der Waals surface area contributed by atoms with Gasteiger partial charge in [-0.25, -0.2) is 9.97 Å². The van der Waals surface area contributed by atoms with E-state index in [0.29, 0.717) is 6.04 Å². The number of rotatable bonds is 3. The van der Waals surface area contributed by atoms with Crippen LogP contribution in [0.15, 0.2) is 18.6 Å². The van der Waals surface area contributed by atoms with Crippen LogP contribution in [0.2, 0.25) is 0 Å². The molecule has 2 aliphatic rings. The van der Waals surface area contributed by atoms with Gasteiger partial charge in [0, 0.05) is 25.4 Å². The van der Waals surface area contributed by atoms with E-state index in [9.17, 15) is 0 Å². The second kappa shape index (κ2) is 6.20. The molecule has 3 rings (SSSR count). The molecule has 1 aromatic rings. The zero-order chi connectivity index (χ0) is 13.0. The highest BCUT2D eigenvalue weighted by molar-refractivity contribution is 7.99. The van der Waals surface area contributed by atoms with Gasteiger partial charge in [-0.05, 0) is 43.3 Å². The smallest absolute Gasteiger partial charge is 0.115 e. The lowest BCUT2D eigenvalue weighted by molar-refractivity contribution is -0.0933. The van der Waals surface area contributed by atoms with Crippen molar-refractivity contribution < 1.29 is 4.74 Å². The van der Waals surface area contributed by atoms with Gasteiger partial charge in [-0.15, -0.1) is 0 Å². The molecule has 1 atom stereocenters. The molecule has 1 unspecified atom stereocenters. The van der Waals surface area contributed by atoms with Gasteiger partial charge in [0.1, 0.15) is 6.33 Å². The van der Waals surface area contributed by atoms with Crippen LogP contribution in [0, 0.1) is 0 Å². The third-order valence-electron chi connectivity index (χ3n) is 4.11. The van der Waals surface area contributed by atoms with E-state index >= 15 is 0 Å². The van der Waals surface area contributed by atoms with Crippen LogP contribution < -0.4 is 5.32 Å². The van der Waals surface area contributed by atoms with E-state index in [1.165, 1.54) is 24.3 Å². The van der Waals surface area contributed by atoms with Crippen molar-refractivity contribution in [3.05, 3.63) is 24.3 Å². The highest BCUT2D eigenvalue weighted by Gasteiger charge is 2.38. The summed E-state index contributed by atoms with van der Waals surface area (Å²) in [6.45, 7) is 1.73. The van der Waals surface area contributed by atoms with Crippen molar-refractivity contribution in [3.8, 4) is 0 Å². The van der Waals surface area contributed by atoms with Gasteiger partial charge in [0.25, 0.3) is 0 Å². The molecule has 0 amide bonds. The number of hydrogen-bond acceptors (Lipinski definition) is 5. The molecular weight excluding hydrogens is 258 g/mol. The second-order valence-corrected chi connectivity index (χ2v) is 6.64. The molecule has 0 radical (unpaired) electrons. The average Bonchev–Trinajstić information content (AvgIpc) is 2.47. The van der Waals surface area contributed by atoms with Crippen LogP contribution in [0.3, 0.4) is 0 Å². The van der Waals surface area contributed by atoms with Crippen LogP contribution in [-0.2, 0) is 11.3 Å². The van der Waals surface area contributed by atoms with Crippen LogP contribution in [0.1, 0.15) is 31.4 Å². The summed E-state index contributed by atoms with van der Waals surface area (Å²) < 4.78 is 6.11. The Hall–Kier alpha value is -0.650. The number of aromatic nitrogens is 2. The van der Waals surface area contributed by atoms with Crippen LogP contribution in [0.25, 0.3) is 0 Å². The fourth-order valence-electron chi connectivity index (χ4n) is 2.97. The molecule has 0 aliphatic carbocycles. The minimum atomic E-state index is 0.160. The molecule has 3 heterocycles. The van der Waals surface area contributed by atoms with Crippen LogP contribution in [0.5, 0.6) is 0 Å². The molecule has 2 fully saturated rings. The van der Waals surface area contributed by atoms with Gasteiger partial charge >= 0.3 is 0 Å². The van der Waals surface area contributed by atoms with Gasteiger partial charge in [0.2, 0.25) is 0 Å². The largest absolute Gasteiger partial charge is 0.375 e. The minimum Gasteiger partial charge on any atom is -0.375 e. The molecule has 5 heteroatoms. The van der Waals surface area contributed by atoms with Crippen LogP contribution in [-0.4, -0.2) is 39.7 Å². The predicted octanol–water partition coefficient (Wildman–Crippen LogP) is 2.01. The molecule has 0 saturated carbocycles. The van der Waals surface area contributed by atoms with Crippen molar-refractivity contribution in [2.45, 2.75) is 43.9 Å². The van der Waals surface area contributed by atoms with Gasteiger partial charge in [-0.2, -0.15) is 11.8 Å². The third kappa shape index (κ3) is 3.46. The summed E-state index contributed by atoms with van der Waals surface area (Å²) in [6, 6.07) is 2.53. The maximum Gasteiger partial charge on any atom is 0.115 e. The van der Waals surface area contributed by atoms with Gasteiger partial charge in [0.05, 0.1) is 11.3 Å². The van der Waals surface area contributed by atoms with Crippen molar-refractivity contribution in [2.75, 3.05) is 18.1 Å². The molecular formula is C14H21N3OS. The Balaban J connectivity index is 1.53. The number of thioether (sulfide) groups is 1. The van der Waals surface area contributed by atoms with Crippen molar-refractivity contribution in [1.29, 1.82) is 0 Å². The summed E-state index contributed by atoms with van der Waals surface area (Å²) >= 11 is 2.06. The van der Waals surface area contributed by atoms with Crippen LogP contribution in [0.4, 0.5) is 0 Å². The first-order chi connectivity index (χ1) is 9.36. The molecule has 2 aliphatic heterocycles. The first kappa shape index (κ1) is 13.3. The first-order valence-electron chi connectivity index (χ1n) is 7.06. The van der Waals surface area contributed by atoms with Gasteiger partial charge < -0.3 is 10.1 Å². The van der Waals surface area contributed by atoms with E-state index in [4.69, 9.17) is 4.74 Å².